The van der Waals surface area contributed by atoms with E-state index in [1.165, 1.54) is 11.1 Å². The van der Waals surface area contributed by atoms with Gasteiger partial charge >= 0.3 is 11.8 Å². The van der Waals surface area contributed by atoms with Crippen molar-refractivity contribution in [3.05, 3.63) is 29.3 Å². The summed E-state index contributed by atoms with van der Waals surface area (Å²) in [5, 5.41) is 2.54. The molecule has 0 spiro atoms. The molecule has 1 aromatic rings. The molecule has 0 aliphatic heterocycles. The maximum atomic E-state index is 11.4. The molecule has 1 aromatic carbocycles. The van der Waals surface area contributed by atoms with Crippen molar-refractivity contribution in [3.63, 3.8) is 0 Å². The van der Waals surface area contributed by atoms with E-state index < -0.39 is 11.8 Å². The third-order valence-electron chi connectivity index (χ3n) is 4.33. The molecule has 0 fully saturated rings. The maximum absolute atomic E-state index is 11.4. The summed E-state index contributed by atoms with van der Waals surface area (Å²) in [7, 11) is 0. The lowest BCUT2D eigenvalue weighted by Crippen LogP contribution is -2.34. The van der Waals surface area contributed by atoms with Crippen LogP contribution in [0.25, 0.3) is 0 Å². The van der Waals surface area contributed by atoms with Crippen LogP contribution in [0.3, 0.4) is 0 Å². The van der Waals surface area contributed by atoms with Gasteiger partial charge in [-0.25, -0.2) is 0 Å². The lowest BCUT2D eigenvalue weighted by atomic mass is 9.63. The number of nitrogens with one attached hydrogen (secondary N) is 1. The summed E-state index contributed by atoms with van der Waals surface area (Å²) in [5.74, 6) is -1.75. The van der Waals surface area contributed by atoms with Gasteiger partial charge < -0.3 is 11.1 Å². The molecule has 0 saturated heterocycles. The van der Waals surface area contributed by atoms with Crippen molar-refractivity contribution >= 4 is 17.5 Å². The van der Waals surface area contributed by atoms with Gasteiger partial charge in [0.2, 0.25) is 0 Å². The van der Waals surface area contributed by atoms with Gasteiger partial charge in [0.25, 0.3) is 0 Å². The molecule has 0 heterocycles. The average molecular weight is 274 g/mol. The number of hydrogen-bond acceptors (Lipinski definition) is 2. The number of fused-ring (bicyclic) bond motifs is 1. The summed E-state index contributed by atoms with van der Waals surface area (Å²) in [4.78, 5) is 22.2. The Morgan fingerprint density at radius 2 is 1.60 bits per heavy atom. The van der Waals surface area contributed by atoms with E-state index in [1.54, 1.807) is 0 Å². The van der Waals surface area contributed by atoms with Crippen molar-refractivity contribution < 1.29 is 9.59 Å². The van der Waals surface area contributed by atoms with Crippen LogP contribution in [-0.4, -0.2) is 11.8 Å². The molecule has 1 aliphatic carbocycles. The van der Waals surface area contributed by atoms with Gasteiger partial charge in [-0.15, -0.1) is 0 Å². The van der Waals surface area contributed by atoms with Crippen LogP contribution in [0.15, 0.2) is 18.2 Å². The molecule has 108 valence electrons. The van der Waals surface area contributed by atoms with E-state index in [9.17, 15) is 9.59 Å². The fourth-order valence-electron chi connectivity index (χ4n) is 2.86. The Bertz CT molecular complexity index is 574. The number of primary amides is 1. The van der Waals surface area contributed by atoms with Crippen molar-refractivity contribution in [2.75, 3.05) is 5.32 Å². The van der Waals surface area contributed by atoms with Crippen LogP contribution in [0, 0.1) is 0 Å². The SMILES string of the molecule is CC1(C)CCC(C)(C)c2cc(NC(=O)C(N)=O)ccc21. The van der Waals surface area contributed by atoms with Gasteiger partial charge in [0, 0.05) is 5.69 Å². The van der Waals surface area contributed by atoms with Gasteiger partial charge in [0.05, 0.1) is 0 Å². The molecule has 0 saturated carbocycles. The number of amides is 2. The molecule has 2 amide bonds. The van der Waals surface area contributed by atoms with E-state index in [2.05, 4.69) is 33.0 Å². The number of hydrogen-bond donors (Lipinski definition) is 2. The van der Waals surface area contributed by atoms with E-state index in [4.69, 9.17) is 5.73 Å². The fraction of sp³-hybridized carbons (Fsp3) is 0.500. The zero-order valence-electron chi connectivity index (χ0n) is 12.5. The average Bonchev–Trinajstić information content (AvgIpc) is 2.35. The minimum atomic E-state index is -0.970. The van der Waals surface area contributed by atoms with Crippen LogP contribution >= 0.6 is 0 Å². The molecule has 3 N–H and O–H groups in total. The van der Waals surface area contributed by atoms with Crippen molar-refractivity contribution in [3.8, 4) is 0 Å². The Morgan fingerprint density at radius 3 is 2.15 bits per heavy atom. The van der Waals surface area contributed by atoms with Gasteiger partial charge in [0.15, 0.2) is 0 Å². The monoisotopic (exact) mass is 274 g/mol. The Hall–Kier alpha value is -1.84. The minimum absolute atomic E-state index is 0.0678. The highest BCUT2D eigenvalue weighted by molar-refractivity contribution is 6.39. The maximum Gasteiger partial charge on any atom is 0.313 e. The van der Waals surface area contributed by atoms with Crippen LogP contribution in [-0.2, 0) is 20.4 Å². The second kappa shape index (κ2) is 4.62. The number of carbonyl (C=O) groups is 2. The number of benzene rings is 1. The standard InChI is InChI=1S/C16H22N2O2/c1-15(2)7-8-16(3,4)12-9-10(5-6-11(12)15)18-14(20)13(17)19/h5-6,9H,7-8H2,1-4H3,(H2,17,19)(H,18,20). The van der Waals surface area contributed by atoms with E-state index >= 15 is 0 Å². The highest BCUT2D eigenvalue weighted by Crippen LogP contribution is 2.46. The molecule has 0 unspecified atom stereocenters. The molecule has 1 aliphatic rings. The lowest BCUT2D eigenvalue weighted by Gasteiger charge is -2.42. The van der Waals surface area contributed by atoms with Crippen LogP contribution < -0.4 is 11.1 Å². The Kier molecular flexibility index (Phi) is 3.36. The second-order valence-electron chi connectivity index (χ2n) is 6.85. The number of rotatable bonds is 1. The summed E-state index contributed by atoms with van der Waals surface area (Å²) in [6.07, 6.45) is 2.24. The first-order valence-corrected chi connectivity index (χ1v) is 6.89. The Balaban J connectivity index is 2.43. The van der Waals surface area contributed by atoms with Crippen LogP contribution in [0.2, 0.25) is 0 Å². The van der Waals surface area contributed by atoms with Crippen LogP contribution in [0.1, 0.15) is 51.7 Å². The first kappa shape index (κ1) is 14.6. The van der Waals surface area contributed by atoms with Crippen molar-refractivity contribution in [1.82, 2.24) is 0 Å². The molecule has 0 bridgehead atoms. The highest BCUT2D eigenvalue weighted by Gasteiger charge is 2.37. The van der Waals surface area contributed by atoms with Gasteiger partial charge in [-0.05, 0) is 46.9 Å². The molecular formula is C16H22N2O2. The summed E-state index contributed by atoms with van der Waals surface area (Å²) in [6, 6.07) is 5.85. The summed E-state index contributed by atoms with van der Waals surface area (Å²) >= 11 is 0. The zero-order chi connectivity index (χ0) is 15.1. The lowest BCUT2D eigenvalue weighted by molar-refractivity contribution is -0.134. The molecule has 0 aromatic heterocycles. The zero-order valence-corrected chi connectivity index (χ0v) is 12.5. The predicted octanol–water partition coefficient (Wildman–Crippen LogP) is 2.46. The number of anilines is 1. The summed E-state index contributed by atoms with van der Waals surface area (Å²) in [6.45, 7) is 8.90. The molecular weight excluding hydrogens is 252 g/mol. The summed E-state index contributed by atoms with van der Waals surface area (Å²) in [5.41, 5.74) is 8.34. The third kappa shape index (κ3) is 2.55. The first-order valence-electron chi connectivity index (χ1n) is 6.89. The largest absolute Gasteiger partial charge is 0.361 e. The van der Waals surface area contributed by atoms with E-state index in [0.717, 1.165) is 12.8 Å². The van der Waals surface area contributed by atoms with Gasteiger partial charge in [0.1, 0.15) is 0 Å². The highest BCUT2D eigenvalue weighted by atomic mass is 16.2. The van der Waals surface area contributed by atoms with Crippen molar-refractivity contribution in [1.29, 1.82) is 0 Å². The van der Waals surface area contributed by atoms with Gasteiger partial charge in [-0.3, -0.25) is 9.59 Å². The quantitative estimate of drug-likeness (QED) is 0.772. The molecule has 20 heavy (non-hydrogen) atoms. The predicted molar refractivity (Wildman–Crippen MR) is 79.6 cm³/mol. The number of nitrogens with two attached hydrogens (primary N) is 1. The van der Waals surface area contributed by atoms with Gasteiger partial charge in [-0.1, -0.05) is 33.8 Å². The fourth-order valence-corrected chi connectivity index (χ4v) is 2.86. The number of carbonyl (C=O) groups excluding carboxylic acids is 2. The molecule has 4 nitrogen and oxygen atoms in total. The smallest absolute Gasteiger partial charge is 0.313 e. The van der Waals surface area contributed by atoms with Crippen molar-refractivity contribution in [2.45, 2.75) is 51.4 Å². The van der Waals surface area contributed by atoms with Crippen LogP contribution in [0.4, 0.5) is 5.69 Å². The van der Waals surface area contributed by atoms with E-state index in [-0.39, 0.29) is 10.8 Å². The van der Waals surface area contributed by atoms with Crippen LogP contribution in [0.5, 0.6) is 0 Å². The topological polar surface area (TPSA) is 72.2 Å². The first-order chi connectivity index (χ1) is 9.13. The van der Waals surface area contributed by atoms with Gasteiger partial charge in [-0.2, -0.15) is 0 Å². The summed E-state index contributed by atoms with van der Waals surface area (Å²) < 4.78 is 0. The molecule has 4 heteroatoms. The molecule has 0 atom stereocenters. The third-order valence-corrected chi connectivity index (χ3v) is 4.33. The molecule has 0 radical (unpaired) electrons. The second-order valence-corrected chi connectivity index (χ2v) is 6.85. The minimum Gasteiger partial charge on any atom is -0.361 e. The van der Waals surface area contributed by atoms with E-state index in [1.807, 2.05) is 18.2 Å². The van der Waals surface area contributed by atoms with E-state index in [0.29, 0.717) is 5.69 Å². The normalized spacial score (nSPS) is 19.0. The van der Waals surface area contributed by atoms with Crippen molar-refractivity contribution in [2.24, 2.45) is 5.73 Å². The Labute approximate surface area is 119 Å². The molecule has 2 rings (SSSR count). The Morgan fingerprint density at radius 1 is 1.05 bits per heavy atom.